The van der Waals surface area contributed by atoms with Gasteiger partial charge in [-0.1, -0.05) is 44.2 Å². The molecule has 0 saturated carbocycles. The second-order valence-electron chi connectivity index (χ2n) is 4.44. The molecule has 0 aliphatic rings. The van der Waals surface area contributed by atoms with Gasteiger partial charge in [0.2, 0.25) is 0 Å². The molecule has 0 heterocycles. The second-order valence-corrected chi connectivity index (χ2v) is 4.44. The van der Waals surface area contributed by atoms with Crippen molar-refractivity contribution in [2.24, 2.45) is 0 Å². The van der Waals surface area contributed by atoms with Gasteiger partial charge in [0.25, 0.3) is 0 Å². The summed E-state index contributed by atoms with van der Waals surface area (Å²) in [5.74, 6) is 0.841. The van der Waals surface area contributed by atoms with Crippen LogP contribution in [0.25, 0.3) is 11.1 Å². The van der Waals surface area contributed by atoms with Gasteiger partial charge >= 0.3 is 0 Å². The average Bonchev–Trinajstić information content (AvgIpc) is 2.30. The Labute approximate surface area is 101 Å². The van der Waals surface area contributed by atoms with E-state index >= 15 is 0 Å². The molecule has 2 aromatic carbocycles. The lowest BCUT2D eigenvalue weighted by Gasteiger charge is -2.12. The summed E-state index contributed by atoms with van der Waals surface area (Å²) in [7, 11) is 0. The summed E-state index contributed by atoms with van der Waals surface area (Å²) in [6.45, 7) is 4.10. The number of rotatable bonds is 2. The van der Waals surface area contributed by atoms with E-state index in [9.17, 15) is 10.2 Å². The molecule has 17 heavy (non-hydrogen) atoms. The number of phenolic OH excluding ortho intramolecular Hbond substituents is 2. The largest absolute Gasteiger partial charge is 0.508 e. The van der Waals surface area contributed by atoms with Crippen molar-refractivity contribution >= 4 is 0 Å². The van der Waals surface area contributed by atoms with Crippen molar-refractivity contribution in [3.05, 3.63) is 48.0 Å². The maximum absolute atomic E-state index is 10.2. The minimum Gasteiger partial charge on any atom is -0.508 e. The molecular formula is C15H16O2. The summed E-state index contributed by atoms with van der Waals surface area (Å²) < 4.78 is 0. The second kappa shape index (κ2) is 4.50. The number of hydrogen-bond donors (Lipinski definition) is 2. The molecule has 0 aliphatic heterocycles. The molecular weight excluding hydrogens is 212 g/mol. The molecule has 0 atom stereocenters. The topological polar surface area (TPSA) is 40.5 Å². The highest BCUT2D eigenvalue weighted by Gasteiger charge is 2.11. The predicted octanol–water partition coefficient (Wildman–Crippen LogP) is 3.89. The van der Waals surface area contributed by atoms with E-state index in [0.717, 1.165) is 16.7 Å². The van der Waals surface area contributed by atoms with E-state index in [0.29, 0.717) is 5.75 Å². The Bertz CT molecular complexity index is 513. The van der Waals surface area contributed by atoms with E-state index in [2.05, 4.69) is 13.8 Å². The van der Waals surface area contributed by atoms with Crippen molar-refractivity contribution in [1.29, 1.82) is 0 Å². The monoisotopic (exact) mass is 228 g/mol. The molecule has 0 spiro atoms. The molecule has 2 aromatic rings. The van der Waals surface area contributed by atoms with Crippen LogP contribution in [0.3, 0.4) is 0 Å². The zero-order valence-corrected chi connectivity index (χ0v) is 10.0. The first-order valence-electron chi connectivity index (χ1n) is 5.71. The number of phenols is 2. The zero-order chi connectivity index (χ0) is 12.4. The fraction of sp³-hybridized carbons (Fsp3) is 0.200. The van der Waals surface area contributed by atoms with Crippen LogP contribution in [0, 0.1) is 0 Å². The molecule has 0 aromatic heterocycles. The Balaban J connectivity index is 2.52. The molecule has 0 unspecified atom stereocenters. The number of aromatic hydroxyl groups is 2. The van der Waals surface area contributed by atoms with Crippen LogP contribution in [0.4, 0.5) is 0 Å². The molecule has 88 valence electrons. The summed E-state index contributed by atoms with van der Waals surface area (Å²) in [6, 6.07) is 12.6. The first-order valence-corrected chi connectivity index (χ1v) is 5.71. The van der Waals surface area contributed by atoms with Crippen molar-refractivity contribution in [1.82, 2.24) is 0 Å². The fourth-order valence-electron chi connectivity index (χ4n) is 1.90. The summed E-state index contributed by atoms with van der Waals surface area (Å²) in [4.78, 5) is 0. The van der Waals surface area contributed by atoms with Crippen molar-refractivity contribution in [3.63, 3.8) is 0 Å². The Morgan fingerprint density at radius 2 is 1.53 bits per heavy atom. The van der Waals surface area contributed by atoms with E-state index in [-0.39, 0.29) is 11.7 Å². The number of benzene rings is 2. The van der Waals surface area contributed by atoms with Crippen molar-refractivity contribution in [2.75, 3.05) is 0 Å². The molecule has 0 radical (unpaired) electrons. The summed E-state index contributed by atoms with van der Waals surface area (Å²) in [6.07, 6.45) is 0. The van der Waals surface area contributed by atoms with E-state index in [4.69, 9.17) is 0 Å². The van der Waals surface area contributed by atoms with Gasteiger partial charge < -0.3 is 10.2 Å². The van der Waals surface area contributed by atoms with Gasteiger partial charge in [-0.15, -0.1) is 0 Å². The first-order chi connectivity index (χ1) is 8.09. The van der Waals surface area contributed by atoms with E-state index in [1.165, 1.54) is 0 Å². The molecule has 0 fully saturated rings. The third-order valence-corrected chi connectivity index (χ3v) is 2.87. The highest BCUT2D eigenvalue weighted by molar-refractivity contribution is 5.72. The van der Waals surface area contributed by atoms with Gasteiger partial charge in [0.05, 0.1) is 0 Å². The summed E-state index contributed by atoms with van der Waals surface area (Å²) in [5, 5.41) is 19.5. The molecule has 0 amide bonds. The lowest BCUT2D eigenvalue weighted by Crippen LogP contribution is -1.90. The van der Waals surface area contributed by atoms with Crippen LogP contribution in [0.2, 0.25) is 0 Å². The van der Waals surface area contributed by atoms with Crippen LogP contribution in [0.5, 0.6) is 11.5 Å². The Kier molecular flexibility index (Phi) is 3.05. The maximum Gasteiger partial charge on any atom is 0.126 e. The molecule has 2 N–H and O–H groups in total. The average molecular weight is 228 g/mol. The molecule has 2 nitrogen and oxygen atoms in total. The molecule has 0 aliphatic carbocycles. The van der Waals surface area contributed by atoms with Gasteiger partial charge in [-0.25, -0.2) is 0 Å². The SMILES string of the molecule is CC(C)c1cccc(-c2ccc(O)cc2)c1O. The smallest absolute Gasteiger partial charge is 0.126 e. The highest BCUT2D eigenvalue weighted by atomic mass is 16.3. The quantitative estimate of drug-likeness (QED) is 0.818. The standard InChI is InChI=1S/C15H16O2/c1-10(2)13-4-3-5-14(15(13)17)11-6-8-12(16)9-7-11/h3-10,16-17H,1-2H3. The van der Waals surface area contributed by atoms with Crippen LogP contribution in [-0.2, 0) is 0 Å². The summed E-state index contributed by atoms with van der Waals surface area (Å²) in [5.41, 5.74) is 2.65. The van der Waals surface area contributed by atoms with Gasteiger partial charge in [-0.2, -0.15) is 0 Å². The molecule has 0 bridgehead atoms. The van der Waals surface area contributed by atoms with Crippen molar-refractivity contribution in [3.8, 4) is 22.6 Å². The fourth-order valence-corrected chi connectivity index (χ4v) is 1.90. The minimum atomic E-state index is 0.230. The van der Waals surface area contributed by atoms with Crippen molar-refractivity contribution < 1.29 is 10.2 Å². The molecule has 2 rings (SSSR count). The van der Waals surface area contributed by atoms with Crippen LogP contribution < -0.4 is 0 Å². The lowest BCUT2D eigenvalue weighted by molar-refractivity contribution is 0.466. The minimum absolute atomic E-state index is 0.230. The van der Waals surface area contributed by atoms with E-state index in [1.807, 2.05) is 18.2 Å². The van der Waals surface area contributed by atoms with Gasteiger partial charge in [0.1, 0.15) is 11.5 Å². The third-order valence-electron chi connectivity index (χ3n) is 2.87. The predicted molar refractivity (Wildman–Crippen MR) is 69.3 cm³/mol. The number of hydrogen-bond acceptors (Lipinski definition) is 2. The molecule has 0 saturated heterocycles. The first kappa shape index (κ1) is 11.5. The zero-order valence-electron chi connectivity index (χ0n) is 10.0. The van der Waals surface area contributed by atoms with E-state index in [1.54, 1.807) is 24.3 Å². The third kappa shape index (κ3) is 2.26. The van der Waals surface area contributed by atoms with Gasteiger partial charge in [0, 0.05) is 5.56 Å². The summed E-state index contributed by atoms with van der Waals surface area (Å²) >= 11 is 0. The van der Waals surface area contributed by atoms with Crippen LogP contribution in [0.1, 0.15) is 25.3 Å². The van der Waals surface area contributed by atoms with Crippen molar-refractivity contribution in [2.45, 2.75) is 19.8 Å². The van der Waals surface area contributed by atoms with Gasteiger partial charge in [-0.3, -0.25) is 0 Å². The van der Waals surface area contributed by atoms with Gasteiger partial charge in [0.15, 0.2) is 0 Å². The van der Waals surface area contributed by atoms with E-state index < -0.39 is 0 Å². The van der Waals surface area contributed by atoms with Crippen LogP contribution >= 0.6 is 0 Å². The Morgan fingerprint density at radius 1 is 0.882 bits per heavy atom. The number of para-hydroxylation sites is 1. The lowest BCUT2D eigenvalue weighted by atomic mass is 9.96. The van der Waals surface area contributed by atoms with Crippen LogP contribution in [0.15, 0.2) is 42.5 Å². The Hall–Kier alpha value is -1.96. The van der Waals surface area contributed by atoms with Gasteiger partial charge in [-0.05, 0) is 29.2 Å². The Morgan fingerprint density at radius 3 is 2.12 bits per heavy atom. The highest BCUT2D eigenvalue weighted by Crippen LogP contribution is 2.35. The maximum atomic E-state index is 10.2. The normalized spacial score (nSPS) is 10.8. The van der Waals surface area contributed by atoms with Crippen LogP contribution in [-0.4, -0.2) is 10.2 Å². The molecule has 2 heteroatoms.